The fraction of sp³-hybridized carbons (Fsp3) is 0.308. The largest absolute Gasteiger partial charge is 0.463 e. The minimum atomic E-state index is -0.729. The topological polar surface area (TPSA) is 89.3 Å². The number of ether oxygens (including phenoxy) is 1. The predicted molar refractivity (Wildman–Crippen MR) is 138 cm³/mol. The first-order chi connectivity index (χ1) is 15.9. The van der Waals surface area contributed by atoms with Gasteiger partial charge in [-0.05, 0) is 49.6 Å². The van der Waals surface area contributed by atoms with Gasteiger partial charge < -0.3 is 21.1 Å². The lowest BCUT2D eigenvalue weighted by Crippen LogP contribution is -2.36. The van der Waals surface area contributed by atoms with Crippen LogP contribution in [0.1, 0.15) is 23.6 Å². The van der Waals surface area contributed by atoms with Gasteiger partial charge in [-0.2, -0.15) is 12.6 Å². The second-order valence-corrected chi connectivity index (χ2v) is 8.44. The van der Waals surface area contributed by atoms with Gasteiger partial charge in [-0.3, -0.25) is 4.79 Å². The van der Waals surface area contributed by atoms with E-state index in [1.54, 1.807) is 6.92 Å². The zero-order valence-corrected chi connectivity index (χ0v) is 20.2. The third-order valence-corrected chi connectivity index (χ3v) is 6.02. The quantitative estimate of drug-likeness (QED) is 0.339. The molecule has 2 aromatic carbocycles. The second kappa shape index (κ2) is 11.7. The highest BCUT2D eigenvalue weighted by Crippen LogP contribution is 2.28. The molecule has 2 atom stereocenters. The van der Waals surface area contributed by atoms with Gasteiger partial charge in [0.1, 0.15) is 0 Å². The van der Waals surface area contributed by atoms with Crippen molar-refractivity contribution >= 4 is 24.2 Å². The Morgan fingerprint density at radius 3 is 2.58 bits per heavy atom. The Hall–Kier alpha value is -3.03. The first kappa shape index (κ1) is 24.6. The zero-order valence-electron chi connectivity index (χ0n) is 19.3. The molecule has 0 radical (unpaired) electrons. The molecule has 0 saturated carbocycles. The van der Waals surface area contributed by atoms with E-state index in [2.05, 4.69) is 48.2 Å². The van der Waals surface area contributed by atoms with Crippen LogP contribution in [0.15, 0.2) is 60.7 Å². The normalized spacial score (nSPS) is 12.6. The lowest BCUT2D eigenvalue weighted by atomic mass is 10.0. The van der Waals surface area contributed by atoms with E-state index in [1.807, 2.05) is 54.6 Å². The summed E-state index contributed by atoms with van der Waals surface area (Å²) < 4.78 is 6.03. The lowest BCUT2D eigenvalue weighted by molar-refractivity contribution is -0.127. The van der Waals surface area contributed by atoms with Gasteiger partial charge in [0.05, 0.1) is 11.4 Å². The number of thiol groups is 1. The molecule has 0 saturated heterocycles. The van der Waals surface area contributed by atoms with Crippen LogP contribution in [0.25, 0.3) is 11.3 Å². The molecule has 174 valence electrons. The molecule has 1 unspecified atom stereocenters. The van der Waals surface area contributed by atoms with Crippen molar-refractivity contribution in [2.75, 3.05) is 17.6 Å². The molecule has 1 heterocycles. The molecule has 0 aliphatic carbocycles. The maximum atomic E-state index is 12.8. The third-order valence-electron chi connectivity index (χ3n) is 5.55. The van der Waals surface area contributed by atoms with Crippen LogP contribution in [0.2, 0.25) is 0 Å². The fourth-order valence-electron chi connectivity index (χ4n) is 3.29. The number of nitrogens with zero attached hydrogens (tertiary/aromatic N) is 1. The van der Waals surface area contributed by atoms with E-state index in [0.29, 0.717) is 30.4 Å². The van der Waals surface area contributed by atoms with Gasteiger partial charge >= 0.3 is 0 Å². The van der Waals surface area contributed by atoms with Gasteiger partial charge in [-0.1, -0.05) is 48.5 Å². The maximum absolute atomic E-state index is 12.8. The van der Waals surface area contributed by atoms with Crippen molar-refractivity contribution in [1.82, 2.24) is 10.3 Å². The molecule has 1 amide bonds. The highest BCUT2D eigenvalue weighted by Gasteiger charge is 2.19. The van der Waals surface area contributed by atoms with Crippen LogP contribution in [0, 0.1) is 13.8 Å². The van der Waals surface area contributed by atoms with Crippen LogP contribution >= 0.6 is 12.6 Å². The molecule has 3 aromatic rings. The molecule has 0 spiro atoms. The van der Waals surface area contributed by atoms with E-state index in [4.69, 9.17) is 10.5 Å². The van der Waals surface area contributed by atoms with E-state index in [-0.39, 0.29) is 11.9 Å². The van der Waals surface area contributed by atoms with Crippen molar-refractivity contribution in [2.45, 2.75) is 39.5 Å². The van der Waals surface area contributed by atoms with Crippen molar-refractivity contribution in [3.63, 3.8) is 0 Å². The second-order valence-electron chi connectivity index (χ2n) is 8.08. The Bertz CT molecular complexity index is 1080. The number of carbonyl (C=O) groups excluding carboxylic acids is 1. The molecule has 1 aromatic heterocycles. The summed E-state index contributed by atoms with van der Waals surface area (Å²) in [6.45, 7) is 6.80. The lowest BCUT2D eigenvalue weighted by Gasteiger charge is -2.19. The number of benzene rings is 2. The minimum Gasteiger partial charge on any atom is -0.463 e. The van der Waals surface area contributed by atoms with Gasteiger partial charge in [-0.25, -0.2) is 4.98 Å². The number of anilines is 1. The molecule has 4 N–H and O–H groups in total. The Morgan fingerprint density at radius 2 is 1.85 bits per heavy atom. The monoisotopic (exact) mass is 464 g/mol. The highest BCUT2D eigenvalue weighted by molar-refractivity contribution is 7.80. The molecular formula is C26H32N4O2S. The number of rotatable bonds is 10. The Morgan fingerprint density at radius 1 is 1.09 bits per heavy atom. The summed E-state index contributed by atoms with van der Waals surface area (Å²) in [6.07, 6.45) is -0.729. The number of hydrogen-bond acceptors (Lipinski definition) is 6. The molecule has 0 bridgehead atoms. The molecule has 6 nitrogen and oxygen atoms in total. The van der Waals surface area contributed by atoms with E-state index >= 15 is 0 Å². The Kier molecular flexibility index (Phi) is 8.74. The number of aryl methyl sites for hydroxylation is 1. The smallest absolute Gasteiger partial charge is 0.261 e. The summed E-state index contributed by atoms with van der Waals surface area (Å²) in [5.41, 5.74) is 11.9. The summed E-state index contributed by atoms with van der Waals surface area (Å²) in [4.78, 5) is 17.5. The summed E-state index contributed by atoms with van der Waals surface area (Å²) in [7, 11) is 0. The molecular weight excluding hydrogens is 432 g/mol. The fourth-order valence-corrected chi connectivity index (χ4v) is 3.42. The van der Waals surface area contributed by atoms with Crippen LogP contribution in [0.5, 0.6) is 5.88 Å². The van der Waals surface area contributed by atoms with Crippen LogP contribution in [-0.4, -0.2) is 35.3 Å². The number of carbonyl (C=O) groups is 1. The highest BCUT2D eigenvalue weighted by atomic mass is 32.1. The van der Waals surface area contributed by atoms with Crippen molar-refractivity contribution in [2.24, 2.45) is 5.73 Å². The zero-order chi connectivity index (χ0) is 23.8. The standard InChI is InChI=1S/C26H32N4O2S/c1-17-8-7-11-21(18(17)2)14-29-25(31)19(3)32-26-24(28-15-22(27)16-33)13-12-23(30-26)20-9-5-4-6-10-20/h4-13,19,22,28,33H,14-16,27H2,1-3H3,(H,29,31)/t19-,22?/m1/s1. The summed E-state index contributed by atoms with van der Waals surface area (Å²) in [5.74, 6) is 0.702. The number of hydrogen-bond donors (Lipinski definition) is 4. The molecule has 0 aliphatic rings. The van der Waals surface area contributed by atoms with Crippen LogP contribution in [-0.2, 0) is 11.3 Å². The van der Waals surface area contributed by atoms with E-state index in [1.165, 1.54) is 11.1 Å². The van der Waals surface area contributed by atoms with Gasteiger partial charge in [0.25, 0.3) is 5.91 Å². The van der Waals surface area contributed by atoms with Crippen LogP contribution < -0.4 is 21.1 Å². The molecule has 0 fully saturated rings. The van der Waals surface area contributed by atoms with Gasteiger partial charge in [0.2, 0.25) is 5.88 Å². The van der Waals surface area contributed by atoms with E-state index < -0.39 is 6.10 Å². The SMILES string of the molecule is Cc1cccc(CNC(=O)[C@@H](C)Oc2nc(-c3ccccc3)ccc2NCC(N)CS)c1C. The molecule has 7 heteroatoms. The number of nitrogens with two attached hydrogens (primary N) is 1. The van der Waals surface area contributed by atoms with E-state index in [0.717, 1.165) is 16.8 Å². The Labute approximate surface area is 201 Å². The minimum absolute atomic E-state index is 0.117. The molecule has 33 heavy (non-hydrogen) atoms. The maximum Gasteiger partial charge on any atom is 0.261 e. The van der Waals surface area contributed by atoms with Crippen LogP contribution in [0.4, 0.5) is 5.69 Å². The number of nitrogens with one attached hydrogen (secondary N) is 2. The average Bonchev–Trinajstić information content (AvgIpc) is 2.84. The number of pyridine rings is 1. The Balaban J connectivity index is 1.75. The first-order valence-electron chi connectivity index (χ1n) is 11.0. The number of aromatic nitrogens is 1. The van der Waals surface area contributed by atoms with Crippen molar-refractivity contribution < 1.29 is 9.53 Å². The van der Waals surface area contributed by atoms with E-state index in [9.17, 15) is 4.79 Å². The van der Waals surface area contributed by atoms with Crippen molar-refractivity contribution in [1.29, 1.82) is 0 Å². The summed E-state index contributed by atoms with van der Waals surface area (Å²) in [6, 6.07) is 19.6. The molecule has 3 rings (SSSR count). The predicted octanol–water partition coefficient (Wildman–Crippen LogP) is 4.12. The first-order valence-corrected chi connectivity index (χ1v) is 11.7. The van der Waals surface area contributed by atoms with Gasteiger partial charge in [-0.15, -0.1) is 0 Å². The van der Waals surface area contributed by atoms with Crippen molar-refractivity contribution in [3.8, 4) is 17.1 Å². The van der Waals surface area contributed by atoms with Gasteiger partial charge in [0, 0.05) is 30.4 Å². The molecule has 0 aliphatic heterocycles. The van der Waals surface area contributed by atoms with Crippen molar-refractivity contribution in [3.05, 3.63) is 77.4 Å². The summed E-state index contributed by atoms with van der Waals surface area (Å²) >= 11 is 4.24. The average molecular weight is 465 g/mol. The third kappa shape index (κ3) is 6.73. The summed E-state index contributed by atoms with van der Waals surface area (Å²) in [5, 5.41) is 6.24. The number of amides is 1. The van der Waals surface area contributed by atoms with Gasteiger partial charge in [0.15, 0.2) is 6.10 Å². The van der Waals surface area contributed by atoms with Crippen LogP contribution in [0.3, 0.4) is 0 Å².